The SMILES string of the molecule is Cc1cc([N+](=O)[O-])ccc1NC(=O)CCN1CCN(c2ccc([N+](=O)[O-])cc2)CC1. The Labute approximate surface area is 173 Å². The summed E-state index contributed by atoms with van der Waals surface area (Å²) in [5.41, 5.74) is 2.25. The Bertz CT molecular complexity index is 939. The first-order chi connectivity index (χ1) is 14.3. The summed E-state index contributed by atoms with van der Waals surface area (Å²) >= 11 is 0. The van der Waals surface area contributed by atoms with Gasteiger partial charge in [-0.3, -0.25) is 29.9 Å². The zero-order valence-electron chi connectivity index (χ0n) is 16.6. The molecule has 0 atom stereocenters. The Balaban J connectivity index is 1.44. The van der Waals surface area contributed by atoms with Gasteiger partial charge in [0.2, 0.25) is 5.91 Å². The van der Waals surface area contributed by atoms with Gasteiger partial charge in [0.05, 0.1) is 9.85 Å². The number of nitro benzene ring substituents is 2. The van der Waals surface area contributed by atoms with E-state index in [1.807, 2.05) is 0 Å². The summed E-state index contributed by atoms with van der Waals surface area (Å²) < 4.78 is 0. The second-order valence-corrected chi connectivity index (χ2v) is 7.16. The highest BCUT2D eigenvalue weighted by Crippen LogP contribution is 2.22. The number of amides is 1. The molecule has 2 aromatic carbocycles. The second kappa shape index (κ2) is 9.31. The molecule has 2 aromatic rings. The van der Waals surface area contributed by atoms with Crippen molar-refractivity contribution in [3.63, 3.8) is 0 Å². The van der Waals surface area contributed by atoms with Crippen LogP contribution in [0.3, 0.4) is 0 Å². The molecule has 0 unspecified atom stereocenters. The molecule has 1 aliphatic heterocycles. The van der Waals surface area contributed by atoms with Gasteiger partial charge in [-0.05, 0) is 30.7 Å². The van der Waals surface area contributed by atoms with E-state index in [-0.39, 0.29) is 17.3 Å². The average molecular weight is 413 g/mol. The lowest BCUT2D eigenvalue weighted by Crippen LogP contribution is -2.47. The maximum absolute atomic E-state index is 12.3. The molecule has 1 fully saturated rings. The summed E-state index contributed by atoms with van der Waals surface area (Å²) in [6.07, 6.45) is 0.327. The minimum absolute atomic E-state index is 0.00334. The molecule has 10 heteroatoms. The second-order valence-electron chi connectivity index (χ2n) is 7.16. The molecule has 158 valence electrons. The maximum atomic E-state index is 12.3. The summed E-state index contributed by atoms with van der Waals surface area (Å²) in [6, 6.07) is 10.9. The number of nitrogens with one attached hydrogen (secondary N) is 1. The molecule has 1 heterocycles. The molecule has 0 saturated carbocycles. The summed E-state index contributed by atoms with van der Waals surface area (Å²) in [6.45, 7) is 5.48. The number of rotatable bonds is 7. The summed E-state index contributed by atoms with van der Waals surface area (Å²) in [4.78, 5) is 37.3. The average Bonchev–Trinajstić information content (AvgIpc) is 2.74. The predicted molar refractivity (Wildman–Crippen MR) is 113 cm³/mol. The van der Waals surface area contributed by atoms with Crippen LogP contribution >= 0.6 is 0 Å². The fourth-order valence-corrected chi connectivity index (χ4v) is 3.39. The van der Waals surface area contributed by atoms with Gasteiger partial charge in [0.25, 0.3) is 11.4 Å². The molecule has 1 amide bonds. The molecule has 1 saturated heterocycles. The zero-order valence-corrected chi connectivity index (χ0v) is 16.6. The molecule has 10 nitrogen and oxygen atoms in total. The quantitative estimate of drug-likeness (QED) is 0.547. The van der Waals surface area contributed by atoms with Crippen molar-refractivity contribution in [2.45, 2.75) is 13.3 Å². The number of benzene rings is 2. The normalized spacial score (nSPS) is 14.4. The van der Waals surface area contributed by atoms with E-state index in [9.17, 15) is 25.0 Å². The Morgan fingerprint density at radius 1 is 0.967 bits per heavy atom. The highest BCUT2D eigenvalue weighted by atomic mass is 16.6. The molecule has 30 heavy (non-hydrogen) atoms. The van der Waals surface area contributed by atoms with Crippen LogP contribution < -0.4 is 10.2 Å². The van der Waals surface area contributed by atoms with Crippen LogP contribution in [-0.4, -0.2) is 53.4 Å². The van der Waals surface area contributed by atoms with Crippen molar-refractivity contribution in [2.75, 3.05) is 42.9 Å². The molecule has 3 rings (SSSR count). The summed E-state index contributed by atoms with van der Waals surface area (Å²) in [5.74, 6) is -0.134. The van der Waals surface area contributed by atoms with Crippen LogP contribution in [-0.2, 0) is 4.79 Å². The van der Waals surface area contributed by atoms with Crippen LogP contribution in [0.25, 0.3) is 0 Å². The van der Waals surface area contributed by atoms with Crippen LogP contribution in [0.4, 0.5) is 22.7 Å². The smallest absolute Gasteiger partial charge is 0.269 e. The summed E-state index contributed by atoms with van der Waals surface area (Å²) in [5, 5.41) is 24.4. The molecule has 0 bridgehead atoms. The number of piperazine rings is 1. The van der Waals surface area contributed by atoms with Gasteiger partial charge in [-0.2, -0.15) is 0 Å². The van der Waals surface area contributed by atoms with Crippen LogP contribution in [0, 0.1) is 27.2 Å². The van der Waals surface area contributed by atoms with E-state index in [4.69, 9.17) is 0 Å². The first-order valence-electron chi connectivity index (χ1n) is 9.60. The van der Waals surface area contributed by atoms with E-state index in [0.29, 0.717) is 24.2 Å². The van der Waals surface area contributed by atoms with Crippen molar-refractivity contribution in [3.8, 4) is 0 Å². The topological polar surface area (TPSA) is 122 Å². The largest absolute Gasteiger partial charge is 0.369 e. The monoisotopic (exact) mass is 413 g/mol. The first kappa shape index (κ1) is 21.2. The van der Waals surface area contributed by atoms with Gasteiger partial charge in [-0.1, -0.05) is 0 Å². The Hall–Kier alpha value is -3.53. The number of carbonyl (C=O) groups excluding carboxylic acids is 1. The first-order valence-corrected chi connectivity index (χ1v) is 9.60. The van der Waals surface area contributed by atoms with Crippen molar-refractivity contribution in [2.24, 2.45) is 0 Å². The molecule has 0 aromatic heterocycles. The third kappa shape index (κ3) is 5.29. The molecule has 0 radical (unpaired) electrons. The lowest BCUT2D eigenvalue weighted by Gasteiger charge is -2.36. The van der Waals surface area contributed by atoms with E-state index < -0.39 is 9.85 Å². The molecule has 0 spiro atoms. The van der Waals surface area contributed by atoms with Gasteiger partial charge < -0.3 is 10.2 Å². The third-order valence-electron chi connectivity index (χ3n) is 5.15. The van der Waals surface area contributed by atoms with E-state index in [0.717, 1.165) is 31.9 Å². The number of carbonyl (C=O) groups is 1. The molecular weight excluding hydrogens is 390 g/mol. The fraction of sp³-hybridized carbons (Fsp3) is 0.350. The number of non-ortho nitro benzene ring substituents is 2. The highest BCUT2D eigenvalue weighted by Gasteiger charge is 2.19. The van der Waals surface area contributed by atoms with Crippen molar-refractivity contribution >= 4 is 28.7 Å². The van der Waals surface area contributed by atoms with Crippen LogP contribution in [0.2, 0.25) is 0 Å². The number of nitro groups is 2. The molecule has 1 aliphatic rings. The standard InChI is InChI=1S/C20H23N5O5/c1-15-14-18(25(29)30)6-7-19(15)21-20(26)8-9-22-10-12-23(13-11-22)16-2-4-17(5-3-16)24(27)28/h2-7,14H,8-13H2,1H3,(H,21,26). The number of anilines is 2. The van der Waals surface area contributed by atoms with E-state index in [2.05, 4.69) is 15.1 Å². The zero-order chi connectivity index (χ0) is 21.7. The van der Waals surface area contributed by atoms with Crippen molar-refractivity contribution in [1.82, 2.24) is 4.90 Å². The fourth-order valence-electron chi connectivity index (χ4n) is 3.39. The Kier molecular flexibility index (Phi) is 6.58. The lowest BCUT2D eigenvalue weighted by atomic mass is 10.1. The molecule has 1 N–H and O–H groups in total. The van der Waals surface area contributed by atoms with E-state index in [1.165, 1.54) is 24.3 Å². The Morgan fingerprint density at radius 2 is 1.57 bits per heavy atom. The van der Waals surface area contributed by atoms with Gasteiger partial charge in [0.15, 0.2) is 0 Å². The van der Waals surface area contributed by atoms with Gasteiger partial charge in [0, 0.05) is 74.8 Å². The van der Waals surface area contributed by atoms with Gasteiger partial charge in [-0.15, -0.1) is 0 Å². The van der Waals surface area contributed by atoms with E-state index >= 15 is 0 Å². The minimum Gasteiger partial charge on any atom is -0.369 e. The van der Waals surface area contributed by atoms with Crippen molar-refractivity contribution in [1.29, 1.82) is 0 Å². The maximum Gasteiger partial charge on any atom is 0.269 e. The van der Waals surface area contributed by atoms with Crippen LogP contribution in [0.15, 0.2) is 42.5 Å². The van der Waals surface area contributed by atoms with Crippen molar-refractivity contribution < 1.29 is 14.6 Å². The predicted octanol–water partition coefficient (Wildman–Crippen LogP) is 2.96. The molecular formula is C20H23N5O5. The van der Waals surface area contributed by atoms with Crippen LogP contribution in [0.1, 0.15) is 12.0 Å². The van der Waals surface area contributed by atoms with Gasteiger partial charge >= 0.3 is 0 Å². The van der Waals surface area contributed by atoms with E-state index in [1.54, 1.807) is 25.1 Å². The highest BCUT2D eigenvalue weighted by molar-refractivity contribution is 5.91. The number of aryl methyl sites for hydroxylation is 1. The van der Waals surface area contributed by atoms with Crippen molar-refractivity contribution in [3.05, 3.63) is 68.3 Å². The summed E-state index contributed by atoms with van der Waals surface area (Å²) in [7, 11) is 0. The van der Waals surface area contributed by atoms with Crippen LogP contribution in [0.5, 0.6) is 0 Å². The number of hydrogen-bond acceptors (Lipinski definition) is 7. The number of hydrogen-bond donors (Lipinski definition) is 1. The number of nitrogens with zero attached hydrogens (tertiary/aromatic N) is 4. The van der Waals surface area contributed by atoms with Gasteiger partial charge in [0.1, 0.15) is 0 Å². The van der Waals surface area contributed by atoms with Gasteiger partial charge in [-0.25, -0.2) is 0 Å². The lowest BCUT2D eigenvalue weighted by molar-refractivity contribution is -0.385. The molecule has 0 aliphatic carbocycles. The minimum atomic E-state index is -0.463. The third-order valence-corrected chi connectivity index (χ3v) is 5.15. The Morgan fingerprint density at radius 3 is 2.13 bits per heavy atom.